The monoisotopic (exact) mass is 277 g/mol. The van der Waals surface area contributed by atoms with Crippen LogP contribution in [0.25, 0.3) is 0 Å². The Labute approximate surface area is 124 Å². The van der Waals surface area contributed by atoms with Gasteiger partial charge in [0.15, 0.2) is 0 Å². The molecule has 2 heteroatoms. The van der Waals surface area contributed by atoms with E-state index in [2.05, 4.69) is 72.0 Å². The fourth-order valence-corrected chi connectivity index (χ4v) is 1.95. The summed E-state index contributed by atoms with van der Waals surface area (Å²) in [7, 11) is 0. The van der Waals surface area contributed by atoms with Gasteiger partial charge in [-0.3, -0.25) is 0 Å². The van der Waals surface area contributed by atoms with Crippen LogP contribution in [0.2, 0.25) is 0 Å². The molecule has 2 nitrogen and oxygen atoms in total. The van der Waals surface area contributed by atoms with Crippen LogP contribution in [-0.2, 0) is 5.41 Å². The molecule has 0 aliphatic rings. The standard InChI is InChI=1S/C18H31NO/c1-8-18(6,7)19-11-12-20-16-10-9-15(13-14(16)2)17(3,4)5/h9-10,13,19H,8,11-12H2,1-7H3. The lowest BCUT2D eigenvalue weighted by atomic mass is 9.86. The number of hydrogen-bond acceptors (Lipinski definition) is 2. The average Bonchev–Trinajstić information content (AvgIpc) is 2.35. The van der Waals surface area contributed by atoms with Gasteiger partial charge in [0.1, 0.15) is 12.4 Å². The fraction of sp³-hybridized carbons (Fsp3) is 0.667. The fourth-order valence-electron chi connectivity index (χ4n) is 1.95. The van der Waals surface area contributed by atoms with Crippen molar-refractivity contribution in [3.8, 4) is 5.75 Å². The highest BCUT2D eigenvalue weighted by atomic mass is 16.5. The first kappa shape index (κ1) is 17.0. The van der Waals surface area contributed by atoms with Gasteiger partial charge in [0.05, 0.1) is 0 Å². The maximum Gasteiger partial charge on any atom is 0.122 e. The molecule has 0 saturated carbocycles. The summed E-state index contributed by atoms with van der Waals surface area (Å²) in [4.78, 5) is 0. The Morgan fingerprint density at radius 2 is 1.75 bits per heavy atom. The summed E-state index contributed by atoms with van der Waals surface area (Å²) in [5.41, 5.74) is 2.95. The molecule has 1 rings (SSSR count). The summed E-state index contributed by atoms with van der Waals surface area (Å²) in [5.74, 6) is 0.995. The van der Waals surface area contributed by atoms with E-state index in [9.17, 15) is 0 Å². The number of hydrogen-bond donors (Lipinski definition) is 1. The van der Waals surface area contributed by atoms with Crippen molar-refractivity contribution < 1.29 is 4.74 Å². The molecule has 0 aliphatic carbocycles. The molecule has 0 heterocycles. The summed E-state index contributed by atoms with van der Waals surface area (Å²) < 4.78 is 5.88. The van der Waals surface area contributed by atoms with Crippen molar-refractivity contribution in [2.75, 3.05) is 13.2 Å². The van der Waals surface area contributed by atoms with E-state index < -0.39 is 0 Å². The van der Waals surface area contributed by atoms with Gasteiger partial charge in [0.25, 0.3) is 0 Å². The second-order valence-electron chi connectivity index (χ2n) is 7.24. The van der Waals surface area contributed by atoms with Gasteiger partial charge >= 0.3 is 0 Å². The van der Waals surface area contributed by atoms with E-state index in [1.54, 1.807) is 0 Å². The lowest BCUT2D eigenvalue weighted by Gasteiger charge is -2.25. The lowest BCUT2D eigenvalue weighted by molar-refractivity contribution is 0.279. The van der Waals surface area contributed by atoms with Crippen LogP contribution in [-0.4, -0.2) is 18.7 Å². The molecule has 0 amide bonds. The van der Waals surface area contributed by atoms with E-state index in [1.807, 2.05) is 0 Å². The van der Waals surface area contributed by atoms with Crippen molar-refractivity contribution >= 4 is 0 Å². The third kappa shape index (κ3) is 5.16. The van der Waals surface area contributed by atoms with E-state index in [0.29, 0.717) is 6.61 Å². The molecule has 114 valence electrons. The van der Waals surface area contributed by atoms with E-state index >= 15 is 0 Å². The second kappa shape index (κ2) is 6.62. The predicted octanol–water partition coefficient (Wildman–Crippen LogP) is 4.45. The Kier molecular flexibility index (Phi) is 5.64. The lowest BCUT2D eigenvalue weighted by Crippen LogP contribution is -2.40. The zero-order chi connectivity index (χ0) is 15.4. The topological polar surface area (TPSA) is 21.3 Å². The van der Waals surface area contributed by atoms with E-state index in [0.717, 1.165) is 18.7 Å². The minimum atomic E-state index is 0.189. The Bertz CT molecular complexity index is 430. The Balaban J connectivity index is 2.54. The van der Waals surface area contributed by atoms with Crippen molar-refractivity contribution in [2.24, 2.45) is 0 Å². The van der Waals surface area contributed by atoms with Crippen LogP contribution in [0.15, 0.2) is 18.2 Å². The molecule has 0 aromatic heterocycles. The second-order valence-corrected chi connectivity index (χ2v) is 7.24. The average molecular weight is 277 g/mol. The first-order valence-electron chi connectivity index (χ1n) is 7.65. The molecule has 1 aromatic rings. The van der Waals surface area contributed by atoms with Gasteiger partial charge in [-0.1, -0.05) is 39.8 Å². The van der Waals surface area contributed by atoms with E-state index in [4.69, 9.17) is 4.74 Å². The molecule has 1 aromatic carbocycles. The molecule has 0 atom stereocenters. The summed E-state index contributed by atoms with van der Waals surface area (Å²) in [5, 5.41) is 3.51. The number of benzene rings is 1. The third-order valence-electron chi connectivity index (χ3n) is 3.89. The number of ether oxygens (including phenoxy) is 1. The minimum Gasteiger partial charge on any atom is -0.492 e. The molecule has 0 saturated heterocycles. The first-order chi connectivity index (χ1) is 9.15. The smallest absolute Gasteiger partial charge is 0.122 e. The van der Waals surface area contributed by atoms with Gasteiger partial charge < -0.3 is 10.1 Å². The van der Waals surface area contributed by atoms with Crippen molar-refractivity contribution in [3.63, 3.8) is 0 Å². The zero-order valence-electron chi connectivity index (χ0n) is 14.3. The van der Waals surface area contributed by atoms with Gasteiger partial charge in [0, 0.05) is 12.1 Å². The van der Waals surface area contributed by atoms with Gasteiger partial charge in [-0.2, -0.15) is 0 Å². The number of aryl methyl sites for hydroxylation is 1. The van der Waals surface area contributed by atoms with Crippen LogP contribution in [0.3, 0.4) is 0 Å². The number of rotatable bonds is 6. The van der Waals surface area contributed by atoms with Gasteiger partial charge in [0.2, 0.25) is 0 Å². The Morgan fingerprint density at radius 3 is 2.25 bits per heavy atom. The largest absolute Gasteiger partial charge is 0.492 e. The highest BCUT2D eigenvalue weighted by Gasteiger charge is 2.15. The SMILES string of the molecule is CCC(C)(C)NCCOc1ccc(C(C)(C)C)cc1C. The van der Waals surface area contributed by atoms with Crippen LogP contribution in [0.5, 0.6) is 5.75 Å². The zero-order valence-corrected chi connectivity index (χ0v) is 14.3. The molecule has 0 fully saturated rings. The van der Waals surface area contributed by atoms with Crippen LogP contribution < -0.4 is 10.1 Å². The van der Waals surface area contributed by atoms with Gasteiger partial charge in [-0.15, -0.1) is 0 Å². The highest BCUT2D eigenvalue weighted by molar-refractivity contribution is 5.38. The molecule has 20 heavy (non-hydrogen) atoms. The highest BCUT2D eigenvalue weighted by Crippen LogP contribution is 2.27. The summed E-state index contributed by atoms with van der Waals surface area (Å²) >= 11 is 0. The molecular weight excluding hydrogens is 246 g/mol. The Hall–Kier alpha value is -1.02. The molecule has 0 spiro atoms. The Morgan fingerprint density at radius 1 is 1.10 bits per heavy atom. The van der Waals surface area contributed by atoms with Gasteiger partial charge in [-0.05, 0) is 49.8 Å². The van der Waals surface area contributed by atoms with Crippen molar-refractivity contribution in [3.05, 3.63) is 29.3 Å². The molecule has 0 radical (unpaired) electrons. The molecule has 0 unspecified atom stereocenters. The van der Waals surface area contributed by atoms with Crippen LogP contribution in [0.1, 0.15) is 59.1 Å². The molecular formula is C18H31NO. The minimum absolute atomic E-state index is 0.189. The quantitative estimate of drug-likeness (QED) is 0.776. The predicted molar refractivity (Wildman–Crippen MR) is 87.7 cm³/mol. The van der Waals surface area contributed by atoms with Gasteiger partial charge in [-0.25, -0.2) is 0 Å². The van der Waals surface area contributed by atoms with Crippen molar-refractivity contribution in [1.29, 1.82) is 0 Å². The normalized spacial score (nSPS) is 12.6. The van der Waals surface area contributed by atoms with Crippen LogP contribution >= 0.6 is 0 Å². The van der Waals surface area contributed by atoms with E-state index in [1.165, 1.54) is 11.1 Å². The molecule has 0 bridgehead atoms. The van der Waals surface area contributed by atoms with Crippen molar-refractivity contribution in [1.82, 2.24) is 5.32 Å². The number of nitrogens with one attached hydrogen (secondary N) is 1. The van der Waals surface area contributed by atoms with Crippen LogP contribution in [0.4, 0.5) is 0 Å². The van der Waals surface area contributed by atoms with Crippen LogP contribution in [0, 0.1) is 6.92 Å². The summed E-state index contributed by atoms with van der Waals surface area (Å²) in [6.45, 7) is 17.0. The first-order valence-corrected chi connectivity index (χ1v) is 7.65. The maximum atomic E-state index is 5.88. The molecule has 0 aliphatic heterocycles. The summed E-state index contributed by atoms with van der Waals surface area (Å²) in [6.07, 6.45) is 1.12. The maximum absolute atomic E-state index is 5.88. The summed E-state index contributed by atoms with van der Waals surface area (Å²) in [6, 6.07) is 6.51. The third-order valence-corrected chi connectivity index (χ3v) is 3.89. The molecule has 1 N–H and O–H groups in total. The van der Waals surface area contributed by atoms with E-state index in [-0.39, 0.29) is 11.0 Å². The van der Waals surface area contributed by atoms with Crippen molar-refractivity contribution in [2.45, 2.75) is 65.8 Å².